The van der Waals surface area contributed by atoms with E-state index in [2.05, 4.69) is 5.32 Å². The van der Waals surface area contributed by atoms with E-state index in [1.807, 2.05) is 6.07 Å². The lowest BCUT2D eigenvalue weighted by Gasteiger charge is -2.13. The van der Waals surface area contributed by atoms with Gasteiger partial charge < -0.3 is 20.3 Å². The molecule has 0 aromatic heterocycles. The van der Waals surface area contributed by atoms with Gasteiger partial charge in [0.05, 0.1) is 15.9 Å². The maximum Gasteiger partial charge on any atom is 0.341 e. The van der Waals surface area contributed by atoms with E-state index in [0.29, 0.717) is 35.8 Å². The van der Waals surface area contributed by atoms with Crippen LogP contribution in [0.25, 0.3) is 0 Å². The minimum absolute atomic E-state index is 0. The van der Waals surface area contributed by atoms with Gasteiger partial charge in [-0.3, -0.25) is 0 Å². The van der Waals surface area contributed by atoms with Gasteiger partial charge in [0.25, 0.3) is 0 Å². The number of carboxylic acid groups (broad SMARTS) is 1. The first kappa shape index (κ1) is 28.6. The molecule has 0 radical (unpaired) electrons. The average Bonchev–Trinajstić information content (AvgIpc) is 2.81. The second-order valence-electron chi connectivity index (χ2n) is 7.78. The number of benzene rings is 3. The average molecular weight is 540 g/mol. The fourth-order valence-corrected chi connectivity index (χ4v) is 4.91. The van der Waals surface area contributed by atoms with Crippen LogP contribution in [-0.4, -0.2) is 44.3 Å². The van der Waals surface area contributed by atoms with Gasteiger partial charge in [-0.15, -0.1) is 12.4 Å². The molecule has 0 saturated heterocycles. The zero-order valence-electron chi connectivity index (χ0n) is 19.0. The minimum Gasteiger partial charge on any atom is -0.482 e. The highest BCUT2D eigenvalue weighted by Gasteiger charge is 2.19. The van der Waals surface area contributed by atoms with E-state index in [-0.39, 0.29) is 22.2 Å². The first-order valence-corrected chi connectivity index (χ1v) is 12.5. The van der Waals surface area contributed by atoms with Crippen molar-refractivity contribution in [3.05, 3.63) is 88.4 Å². The topological polar surface area (TPSA) is 113 Å². The third-order valence-corrected chi connectivity index (χ3v) is 7.21. The van der Waals surface area contributed by atoms with E-state index >= 15 is 0 Å². The third-order valence-electron chi connectivity index (χ3n) is 5.20. The summed E-state index contributed by atoms with van der Waals surface area (Å²) in [5.41, 5.74) is 2.23. The number of nitrogens with one attached hydrogen (secondary N) is 1. The maximum atomic E-state index is 13.0. The third kappa shape index (κ3) is 7.95. The second-order valence-corrected chi connectivity index (χ2v) is 10.2. The molecule has 0 aliphatic rings. The molecule has 0 heterocycles. The smallest absolute Gasteiger partial charge is 0.341 e. The molecule has 0 spiro atoms. The van der Waals surface area contributed by atoms with Gasteiger partial charge in [-0.1, -0.05) is 35.9 Å². The molecule has 3 aromatic carbocycles. The van der Waals surface area contributed by atoms with Gasteiger partial charge in [0.15, 0.2) is 6.61 Å². The number of aliphatic hydroxyl groups excluding tert-OH is 1. The molecule has 0 aliphatic heterocycles. The Balaban J connectivity index is 0.00000432. The first-order chi connectivity index (χ1) is 16.2. The van der Waals surface area contributed by atoms with E-state index in [1.54, 1.807) is 49.4 Å². The Kier molecular flexibility index (Phi) is 10.5. The second kappa shape index (κ2) is 12.9. The van der Waals surface area contributed by atoms with Crippen LogP contribution in [0.4, 0.5) is 0 Å². The molecule has 0 unspecified atom stereocenters. The summed E-state index contributed by atoms with van der Waals surface area (Å²) in [6, 6.07) is 18.1. The van der Waals surface area contributed by atoms with Crippen LogP contribution in [0.5, 0.6) is 5.75 Å². The van der Waals surface area contributed by atoms with Gasteiger partial charge in [0.1, 0.15) is 5.75 Å². The molecular weight excluding hydrogens is 513 g/mol. The summed E-state index contributed by atoms with van der Waals surface area (Å²) in [5.74, 6) is -0.784. The van der Waals surface area contributed by atoms with Crippen molar-refractivity contribution in [2.75, 3.05) is 19.7 Å². The Morgan fingerprint density at radius 1 is 1.06 bits per heavy atom. The Bertz CT molecular complexity index is 1250. The van der Waals surface area contributed by atoms with Crippen molar-refractivity contribution in [3.63, 3.8) is 0 Å². The van der Waals surface area contributed by atoms with E-state index in [4.69, 9.17) is 21.4 Å². The molecule has 0 bridgehead atoms. The summed E-state index contributed by atoms with van der Waals surface area (Å²) in [6.45, 7) is 2.15. The molecule has 10 heteroatoms. The first-order valence-electron chi connectivity index (χ1n) is 10.6. The van der Waals surface area contributed by atoms with Crippen molar-refractivity contribution in [2.45, 2.75) is 29.2 Å². The van der Waals surface area contributed by atoms with Crippen LogP contribution in [0.15, 0.2) is 76.5 Å². The summed E-state index contributed by atoms with van der Waals surface area (Å²) < 4.78 is 31.1. The van der Waals surface area contributed by atoms with Crippen LogP contribution in [0, 0.1) is 6.92 Å². The van der Waals surface area contributed by atoms with Crippen LogP contribution in [0.3, 0.4) is 0 Å². The van der Waals surface area contributed by atoms with Crippen molar-refractivity contribution in [1.82, 2.24) is 5.32 Å². The van der Waals surface area contributed by atoms with E-state index in [0.717, 1.165) is 11.1 Å². The maximum absolute atomic E-state index is 13.0. The number of carboxylic acids is 1. The van der Waals surface area contributed by atoms with Crippen molar-refractivity contribution >= 4 is 39.8 Å². The van der Waals surface area contributed by atoms with Gasteiger partial charge in [-0.05, 0) is 79.0 Å². The van der Waals surface area contributed by atoms with Gasteiger partial charge in [-0.25, -0.2) is 13.2 Å². The lowest BCUT2D eigenvalue weighted by molar-refractivity contribution is -0.139. The highest BCUT2D eigenvalue weighted by Crippen LogP contribution is 2.26. The Hall–Kier alpha value is -2.62. The molecule has 0 saturated carbocycles. The highest BCUT2D eigenvalue weighted by atomic mass is 35.5. The van der Waals surface area contributed by atoms with Crippen LogP contribution < -0.4 is 10.1 Å². The zero-order valence-corrected chi connectivity index (χ0v) is 21.4. The Morgan fingerprint density at radius 3 is 2.37 bits per heavy atom. The predicted octanol–water partition coefficient (Wildman–Crippen LogP) is 4.23. The van der Waals surface area contributed by atoms with Gasteiger partial charge in [0.2, 0.25) is 9.84 Å². The van der Waals surface area contributed by atoms with Gasteiger partial charge >= 0.3 is 5.97 Å². The molecule has 188 valence electrons. The number of rotatable bonds is 11. The minimum atomic E-state index is -3.73. The van der Waals surface area contributed by atoms with E-state index in [9.17, 15) is 18.3 Å². The number of hydrogen-bond acceptors (Lipinski definition) is 6. The number of halogens is 2. The summed E-state index contributed by atoms with van der Waals surface area (Å²) in [6.07, 6.45) is -0.00675. The largest absolute Gasteiger partial charge is 0.482 e. The number of aryl methyl sites for hydroxylation is 1. The quantitative estimate of drug-likeness (QED) is 0.312. The predicted molar refractivity (Wildman–Crippen MR) is 136 cm³/mol. The molecule has 0 fully saturated rings. The molecule has 3 N–H and O–H groups in total. The normalized spacial score (nSPS) is 12.0. The number of hydrogen-bond donors (Lipinski definition) is 3. The Morgan fingerprint density at radius 2 is 1.74 bits per heavy atom. The number of ether oxygens (including phenoxy) is 1. The fraction of sp³-hybridized carbons (Fsp3) is 0.240. The molecular formula is C25H27Cl2NO6S. The number of sulfone groups is 1. The number of carbonyl (C=O) groups is 1. The lowest BCUT2D eigenvalue weighted by atomic mass is 10.1. The summed E-state index contributed by atoms with van der Waals surface area (Å²) in [7, 11) is -3.73. The molecule has 1 atom stereocenters. The van der Waals surface area contributed by atoms with Gasteiger partial charge in [-0.2, -0.15) is 0 Å². The van der Waals surface area contributed by atoms with Crippen molar-refractivity contribution in [3.8, 4) is 5.75 Å². The Labute approximate surface area is 216 Å². The molecule has 3 aromatic rings. The van der Waals surface area contributed by atoms with Crippen LogP contribution in [-0.2, 0) is 21.1 Å². The van der Waals surface area contributed by atoms with Crippen LogP contribution in [0.1, 0.15) is 22.8 Å². The SMILES string of the molecule is Cc1cc(S(=O)(=O)c2ccc(CCNC[C@H](O)c3cccc(Cl)c3)cc2)ccc1OCC(=O)O.Cl. The monoisotopic (exact) mass is 539 g/mol. The summed E-state index contributed by atoms with van der Waals surface area (Å²) in [5, 5.41) is 22.7. The van der Waals surface area contributed by atoms with Gasteiger partial charge in [0, 0.05) is 11.6 Å². The standard InChI is InChI=1S/C25H26ClNO6S.ClH/c1-17-13-22(9-10-24(17)33-16-25(29)30)34(31,32)21-7-5-18(6-8-21)11-12-27-15-23(28)19-3-2-4-20(26)14-19;/h2-10,13-14,23,27-28H,11-12,15-16H2,1H3,(H,29,30);1H/t23-;/m0./s1. The number of aliphatic hydroxyl groups is 1. The molecule has 35 heavy (non-hydrogen) atoms. The lowest BCUT2D eigenvalue weighted by Crippen LogP contribution is -2.23. The highest BCUT2D eigenvalue weighted by molar-refractivity contribution is 7.91. The summed E-state index contributed by atoms with van der Waals surface area (Å²) >= 11 is 5.95. The molecule has 0 aliphatic carbocycles. The molecule has 7 nitrogen and oxygen atoms in total. The zero-order chi connectivity index (χ0) is 24.7. The van der Waals surface area contributed by atoms with E-state index in [1.165, 1.54) is 18.2 Å². The molecule has 0 amide bonds. The fourth-order valence-electron chi connectivity index (χ4n) is 3.37. The van der Waals surface area contributed by atoms with Crippen molar-refractivity contribution < 1.29 is 28.2 Å². The van der Waals surface area contributed by atoms with Crippen LogP contribution in [0.2, 0.25) is 5.02 Å². The molecule has 3 rings (SSSR count). The van der Waals surface area contributed by atoms with Crippen molar-refractivity contribution in [2.24, 2.45) is 0 Å². The van der Waals surface area contributed by atoms with E-state index < -0.39 is 28.5 Å². The van der Waals surface area contributed by atoms with Crippen molar-refractivity contribution in [1.29, 1.82) is 0 Å². The number of aliphatic carboxylic acids is 1. The summed E-state index contributed by atoms with van der Waals surface area (Å²) in [4.78, 5) is 10.9. The van der Waals surface area contributed by atoms with Crippen LogP contribution >= 0.6 is 24.0 Å².